The lowest BCUT2D eigenvalue weighted by Gasteiger charge is -2.22. The molecule has 1 amide bonds. The Balaban J connectivity index is 1.70. The molecule has 1 N–H and O–H groups in total. The second kappa shape index (κ2) is 7.43. The molecule has 1 aliphatic carbocycles. The third-order valence-electron chi connectivity index (χ3n) is 3.69. The SMILES string of the molecule is CC(C)n1nccc1C(=O)NCCOC1CCCCC1. The first-order valence-corrected chi connectivity index (χ1v) is 7.62. The van der Waals surface area contributed by atoms with E-state index >= 15 is 0 Å². The lowest BCUT2D eigenvalue weighted by molar-refractivity contribution is 0.0299. The average Bonchev–Trinajstić information content (AvgIpc) is 2.94. The maximum absolute atomic E-state index is 12.1. The van der Waals surface area contributed by atoms with E-state index in [1.807, 2.05) is 13.8 Å². The highest BCUT2D eigenvalue weighted by Crippen LogP contribution is 2.19. The summed E-state index contributed by atoms with van der Waals surface area (Å²) >= 11 is 0. The monoisotopic (exact) mass is 279 g/mol. The molecule has 0 aliphatic heterocycles. The smallest absolute Gasteiger partial charge is 0.269 e. The fourth-order valence-electron chi connectivity index (χ4n) is 2.62. The molecular formula is C15H25N3O2. The molecule has 1 aromatic heterocycles. The van der Waals surface area contributed by atoms with Gasteiger partial charge in [0.05, 0.1) is 12.7 Å². The standard InChI is InChI=1S/C15H25N3O2/c1-12(2)18-14(8-9-17-18)15(19)16-10-11-20-13-6-4-3-5-7-13/h8-9,12-13H,3-7,10-11H2,1-2H3,(H,16,19). The molecule has 0 spiro atoms. The van der Waals surface area contributed by atoms with Crippen LogP contribution in [0.5, 0.6) is 0 Å². The molecule has 112 valence electrons. The Bertz CT molecular complexity index is 423. The number of hydrogen-bond acceptors (Lipinski definition) is 3. The topological polar surface area (TPSA) is 56.2 Å². The van der Waals surface area contributed by atoms with Gasteiger partial charge in [-0.3, -0.25) is 9.48 Å². The number of hydrogen-bond donors (Lipinski definition) is 1. The van der Waals surface area contributed by atoms with Crippen LogP contribution < -0.4 is 5.32 Å². The average molecular weight is 279 g/mol. The molecule has 0 radical (unpaired) electrons. The molecule has 1 aromatic rings. The summed E-state index contributed by atoms with van der Waals surface area (Å²) in [5, 5.41) is 7.06. The minimum atomic E-state index is -0.0801. The molecule has 0 saturated heterocycles. The van der Waals surface area contributed by atoms with Crippen LogP contribution in [0.3, 0.4) is 0 Å². The van der Waals surface area contributed by atoms with Gasteiger partial charge in [0.1, 0.15) is 5.69 Å². The molecule has 1 heterocycles. The van der Waals surface area contributed by atoms with Gasteiger partial charge in [-0.25, -0.2) is 0 Å². The summed E-state index contributed by atoms with van der Waals surface area (Å²) in [7, 11) is 0. The van der Waals surface area contributed by atoms with Gasteiger partial charge in [-0.1, -0.05) is 19.3 Å². The van der Waals surface area contributed by atoms with Gasteiger partial charge in [-0.2, -0.15) is 5.10 Å². The van der Waals surface area contributed by atoms with Crippen LogP contribution in [-0.4, -0.2) is 34.9 Å². The summed E-state index contributed by atoms with van der Waals surface area (Å²) in [6, 6.07) is 1.93. The zero-order chi connectivity index (χ0) is 14.4. The Morgan fingerprint density at radius 3 is 2.90 bits per heavy atom. The molecule has 5 heteroatoms. The summed E-state index contributed by atoms with van der Waals surface area (Å²) in [6.07, 6.45) is 8.24. The maximum atomic E-state index is 12.1. The number of ether oxygens (including phenoxy) is 1. The molecule has 0 bridgehead atoms. The molecule has 20 heavy (non-hydrogen) atoms. The summed E-state index contributed by atoms with van der Waals surface area (Å²) in [6.45, 7) is 5.16. The van der Waals surface area contributed by atoms with Crippen LogP contribution in [0.1, 0.15) is 62.5 Å². The van der Waals surface area contributed by atoms with Gasteiger partial charge in [-0.15, -0.1) is 0 Å². The summed E-state index contributed by atoms with van der Waals surface area (Å²) < 4.78 is 7.52. The molecule has 0 unspecified atom stereocenters. The van der Waals surface area contributed by atoms with E-state index in [2.05, 4.69) is 10.4 Å². The molecule has 1 fully saturated rings. The van der Waals surface area contributed by atoms with Gasteiger partial charge in [-0.05, 0) is 32.8 Å². The van der Waals surface area contributed by atoms with E-state index in [0.29, 0.717) is 24.9 Å². The zero-order valence-electron chi connectivity index (χ0n) is 12.5. The third-order valence-corrected chi connectivity index (χ3v) is 3.69. The number of carbonyl (C=O) groups is 1. The van der Waals surface area contributed by atoms with Gasteiger partial charge in [0, 0.05) is 18.8 Å². The lowest BCUT2D eigenvalue weighted by atomic mass is 9.98. The molecular weight excluding hydrogens is 254 g/mol. The van der Waals surface area contributed by atoms with Gasteiger partial charge >= 0.3 is 0 Å². The van der Waals surface area contributed by atoms with Crippen LogP contribution in [0.15, 0.2) is 12.3 Å². The number of aromatic nitrogens is 2. The van der Waals surface area contributed by atoms with Crippen molar-refractivity contribution in [3.8, 4) is 0 Å². The number of rotatable bonds is 6. The molecule has 2 rings (SSSR count). The first kappa shape index (κ1) is 15.0. The highest BCUT2D eigenvalue weighted by atomic mass is 16.5. The third kappa shape index (κ3) is 4.07. The largest absolute Gasteiger partial charge is 0.376 e. The predicted octanol–water partition coefficient (Wildman–Crippen LogP) is 2.54. The Labute approximate surface area is 120 Å². The lowest BCUT2D eigenvalue weighted by Crippen LogP contribution is -2.31. The first-order chi connectivity index (χ1) is 9.68. The van der Waals surface area contributed by atoms with Crippen LogP contribution in [0.25, 0.3) is 0 Å². The fourth-order valence-corrected chi connectivity index (χ4v) is 2.62. The van der Waals surface area contributed by atoms with Gasteiger partial charge < -0.3 is 10.1 Å². The van der Waals surface area contributed by atoms with E-state index < -0.39 is 0 Å². The van der Waals surface area contributed by atoms with Crippen molar-refractivity contribution in [2.45, 2.75) is 58.1 Å². The number of amides is 1. The molecule has 5 nitrogen and oxygen atoms in total. The summed E-state index contributed by atoms with van der Waals surface area (Å²) in [5.74, 6) is -0.0801. The quantitative estimate of drug-likeness (QED) is 0.814. The summed E-state index contributed by atoms with van der Waals surface area (Å²) in [5.41, 5.74) is 0.609. The van der Waals surface area contributed by atoms with E-state index in [9.17, 15) is 4.79 Å². The van der Waals surface area contributed by atoms with Crippen molar-refractivity contribution in [3.05, 3.63) is 18.0 Å². The van der Waals surface area contributed by atoms with E-state index in [1.165, 1.54) is 19.3 Å². The highest BCUT2D eigenvalue weighted by molar-refractivity contribution is 5.92. The van der Waals surface area contributed by atoms with E-state index in [0.717, 1.165) is 12.8 Å². The second-order valence-electron chi connectivity index (χ2n) is 5.64. The second-order valence-corrected chi connectivity index (χ2v) is 5.64. The Morgan fingerprint density at radius 2 is 2.20 bits per heavy atom. The van der Waals surface area contributed by atoms with E-state index in [-0.39, 0.29) is 11.9 Å². The van der Waals surface area contributed by atoms with Crippen molar-refractivity contribution >= 4 is 5.91 Å². The van der Waals surface area contributed by atoms with Gasteiger partial charge in [0.15, 0.2) is 0 Å². The molecule has 0 aromatic carbocycles. The van der Waals surface area contributed by atoms with Crippen LogP contribution in [0.2, 0.25) is 0 Å². The van der Waals surface area contributed by atoms with Crippen LogP contribution in [0, 0.1) is 0 Å². The molecule has 1 aliphatic rings. The first-order valence-electron chi connectivity index (χ1n) is 7.62. The van der Waals surface area contributed by atoms with E-state index in [1.54, 1.807) is 16.9 Å². The van der Waals surface area contributed by atoms with Crippen molar-refractivity contribution in [1.29, 1.82) is 0 Å². The van der Waals surface area contributed by atoms with E-state index in [4.69, 9.17) is 4.74 Å². The Morgan fingerprint density at radius 1 is 1.45 bits per heavy atom. The van der Waals surface area contributed by atoms with Crippen molar-refractivity contribution in [1.82, 2.24) is 15.1 Å². The van der Waals surface area contributed by atoms with Crippen LogP contribution in [-0.2, 0) is 4.74 Å². The number of nitrogens with one attached hydrogen (secondary N) is 1. The highest BCUT2D eigenvalue weighted by Gasteiger charge is 2.15. The minimum absolute atomic E-state index is 0.0801. The zero-order valence-corrected chi connectivity index (χ0v) is 12.5. The van der Waals surface area contributed by atoms with Crippen molar-refractivity contribution < 1.29 is 9.53 Å². The van der Waals surface area contributed by atoms with Crippen LogP contribution in [0.4, 0.5) is 0 Å². The van der Waals surface area contributed by atoms with Gasteiger partial charge in [0.2, 0.25) is 0 Å². The predicted molar refractivity (Wildman–Crippen MR) is 77.8 cm³/mol. The number of nitrogens with zero attached hydrogens (tertiary/aromatic N) is 2. The Kier molecular flexibility index (Phi) is 5.59. The normalized spacial score (nSPS) is 16.6. The van der Waals surface area contributed by atoms with Crippen molar-refractivity contribution in [2.75, 3.05) is 13.2 Å². The Hall–Kier alpha value is -1.36. The molecule has 0 atom stereocenters. The number of carbonyl (C=O) groups excluding carboxylic acids is 1. The maximum Gasteiger partial charge on any atom is 0.269 e. The van der Waals surface area contributed by atoms with Crippen molar-refractivity contribution in [2.24, 2.45) is 0 Å². The van der Waals surface area contributed by atoms with Crippen LogP contribution >= 0.6 is 0 Å². The summed E-state index contributed by atoms with van der Waals surface area (Å²) in [4.78, 5) is 12.1. The molecule has 1 saturated carbocycles. The van der Waals surface area contributed by atoms with Crippen molar-refractivity contribution in [3.63, 3.8) is 0 Å². The minimum Gasteiger partial charge on any atom is -0.376 e. The van der Waals surface area contributed by atoms with Gasteiger partial charge in [0.25, 0.3) is 5.91 Å². The fraction of sp³-hybridized carbons (Fsp3) is 0.733.